The van der Waals surface area contributed by atoms with Crippen molar-refractivity contribution in [1.82, 2.24) is 0 Å². The van der Waals surface area contributed by atoms with Crippen molar-refractivity contribution >= 4 is 8.80 Å². The van der Waals surface area contributed by atoms with Crippen molar-refractivity contribution < 1.29 is 13.3 Å². The monoisotopic (exact) mass is 249 g/mol. The van der Waals surface area contributed by atoms with Gasteiger partial charge in [-0.25, -0.2) is 0 Å². The lowest BCUT2D eigenvalue weighted by atomic mass is 10.2. The minimum atomic E-state index is -2.60. The SMILES string of the molecule is CCCCC(C)O[Si](CN)(OCC)OCC. The van der Waals surface area contributed by atoms with Crippen LogP contribution in [0.25, 0.3) is 0 Å². The molecule has 0 heterocycles. The van der Waals surface area contributed by atoms with E-state index in [0.29, 0.717) is 19.4 Å². The van der Waals surface area contributed by atoms with Crippen LogP contribution in [-0.4, -0.2) is 34.3 Å². The van der Waals surface area contributed by atoms with Gasteiger partial charge in [-0.1, -0.05) is 19.8 Å². The maximum Gasteiger partial charge on any atom is 0.515 e. The summed E-state index contributed by atoms with van der Waals surface area (Å²) in [6.07, 6.45) is 3.88. The second-order valence-corrected chi connectivity index (χ2v) is 6.41. The number of rotatable bonds is 10. The van der Waals surface area contributed by atoms with E-state index >= 15 is 0 Å². The fourth-order valence-corrected chi connectivity index (χ4v) is 3.73. The van der Waals surface area contributed by atoms with E-state index in [-0.39, 0.29) is 6.10 Å². The van der Waals surface area contributed by atoms with Crippen molar-refractivity contribution in [2.45, 2.75) is 53.1 Å². The van der Waals surface area contributed by atoms with Gasteiger partial charge in [-0.2, -0.15) is 0 Å². The topological polar surface area (TPSA) is 53.7 Å². The summed E-state index contributed by atoms with van der Waals surface area (Å²) in [7, 11) is -2.60. The average molecular weight is 249 g/mol. The molecule has 0 spiro atoms. The molecule has 5 heteroatoms. The molecule has 0 aliphatic rings. The Kier molecular flexibility index (Phi) is 9.16. The maximum atomic E-state index is 5.94. The lowest BCUT2D eigenvalue weighted by Gasteiger charge is -2.30. The van der Waals surface area contributed by atoms with E-state index in [9.17, 15) is 0 Å². The van der Waals surface area contributed by atoms with Gasteiger partial charge in [-0.05, 0) is 27.2 Å². The van der Waals surface area contributed by atoms with Crippen LogP contribution in [0.3, 0.4) is 0 Å². The number of nitrogens with two attached hydrogens (primary N) is 1. The van der Waals surface area contributed by atoms with Crippen LogP contribution in [-0.2, 0) is 13.3 Å². The van der Waals surface area contributed by atoms with Crippen LogP contribution in [0.1, 0.15) is 47.0 Å². The van der Waals surface area contributed by atoms with Crippen LogP contribution < -0.4 is 5.73 Å². The number of unbranched alkanes of at least 4 members (excludes halogenated alkanes) is 1. The van der Waals surface area contributed by atoms with E-state index in [1.54, 1.807) is 0 Å². The van der Waals surface area contributed by atoms with Crippen molar-refractivity contribution in [2.75, 3.05) is 19.4 Å². The van der Waals surface area contributed by atoms with Gasteiger partial charge in [0, 0.05) is 19.3 Å². The van der Waals surface area contributed by atoms with Gasteiger partial charge in [-0.15, -0.1) is 0 Å². The fraction of sp³-hybridized carbons (Fsp3) is 1.00. The predicted octanol–water partition coefficient (Wildman–Crippen LogP) is 2.09. The van der Waals surface area contributed by atoms with Gasteiger partial charge in [0.1, 0.15) is 0 Å². The third-order valence-electron chi connectivity index (χ3n) is 2.32. The van der Waals surface area contributed by atoms with E-state index in [0.717, 1.165) is 12.8 Å². The molecule has 0 bridgehead atoms. The molecule has 1 atom stereocenters. The first-order valence-electron chi connectivity index (χ1n) is 6.29. The number of hydrogen-bond donors (Lipinski definition) is 1. The van der Waals surface area contributed by atoms with Gasteiger partial charge >= 0.3 is 8.80 Å². The lowest BCUT2D eigenvalue weighted by Crippen LogP contribution is -2.54. The van der Waals surface area contributed by atoms with Crippen molar-refractivity contribution in [1.29, 1.82) is 0 Å². The molecule has 0 aliphatic carbocycles. The van der Waals surface area contributed by atoms with Crippen LogP contribution in [0.15, 0.2) is 0 Å². The Labute approximate surface area is 101 Å². The molecule has 1 unspecified atom stereocenters. The molecular weight excluding hydrogens is 222 g/mol. The minimum Gasteiger partial charge on any atom is -0.373 e. The summed E-state index contributed by atoms with van der Waals surface area (Å²) >= 11 is 0. The summed E-state index contributed by atoms with van der Waals surface area (Å²) in [6, 6.07) is 0. The standard InChI is InChI=1S/C11H27NO3Si/c1-5-8-9-11(4)15-16(10-12,13-6-2)14-7-3/h11H,5-10,12H2,1-4H3. The van der Waals surface area contributed by atoms with Gasteiger partial charge in [-0.3, -0.25) is 0 Å². The molecule has 0 aromatic heterocycles. The summed E-state index contributed by atoms with van der Waals surface area (Å²) in [6.45, 7) is 9.29. The molecule has 0 amide bonds. The van der Waals surface area contributed by atoms with Crippen molar-refractivity contribution in [2.24, 2.45) is 5.73 Å². The molecule has 2 N–H and O–H groups in total. The molecule has 0 saturated carbocycles. The average Bonchev–Trinajstić information content (AvgIpc) is 2.27. The van der Waals surface area contributed by atoms with Gasteiger partial charge in [0.2, 0.25) is 0 Å². The lowest BCUT2D eigenvalue weighted by molar-refractivity contribution is 0.0362. The highest BCUT2D eigenvalue weighted by Crippen LogP contribution is 2.14. The van der Waals surface area contributed by atoms with Gasteiger partial charge in [0.15, 0.2) is 0 Å². The molecule has 4 nitrogen and oxygen atoms in total. The molecule has 98 valence electrons. The summed E-state index contributed by atoms with van der Waals surface area (Å²) in [5.41, 5.74) is 5.74. The zero-order valence-corrected chi connectivity index (χ0v) is 12.1. The molecule has 0 aromatic carbocycles. The smallest absolute Gasteiger partial charge is 0.373 e. The molecule has 0 aromatic rings. The Morgan fingerprint density at radius 2 is 1.69 bits per heavy atom. The van der Waals surface area contributed by atoms with Crippen molar-refractivity contribution in [3.05, 3.63) is 0 Å². The quantitative estimate of drug-likeness (QED) is 0.602. The first-order valence-corrected chi connectivity index (χ1v) is 8.23. The first kappa shape index (κ1) is 16.1. The minimum absolute atomic E-state index is 0.160. The second-order valence-electron chi connectivity index (χ2n) is 3.82. The Bertz CT molecular complexity index is 163. The van der Waals surface area contributed by atoms with Gasteiger partial charge in [0.05, 0.1) is 6.17 Å². The third-order valence-corrected chi connectivity index (χ3v) is 5.04. The highest BCUT2D eigenvalue weighted by Gasteiger charge is 2.40. The molecule has 0 radical (unpaired) electrons. The maximum absolute atomic E-state index is 5.94. The van der Waals surface area contributed by atoms with E-state index in [1.807, 2.05) is 13.8 Å². The van der Waals surface area contributed by atoms with E-state index in [4.69, 9.17) is 19.0 Å². The summed E-state index contributed by atoms with van der Waals surface area (Å²) in [4.78, 5) is 0. The predicted molar refractivity (Wildman–Crippen MR) is 68.1 cm³/mol. The number of hydrogen-bond acceptors (Lipinski definition) is 4. The second kappa shape index (κ2) is 9.12. The zero-order valence-electron chi connectivity index (χ0n) is 11.1. The summed E-state index contributed by atoms with van der Waals surface area (Å²) in [5.74, 6) is 0. The molecule has 0 saturated heterocycles. The Morgan fingerprint density at radius 3 is 2.06 bits per heavy atom. The molecule has 0 rings (SSSR count). The fourth-order valence-electron chi connectivity index (χ4n) is 1.57. The van der Waals surface area contributed by atoms with Crippen LogP contribution in [0, 0.1) is 0 Å². The molecular formula is C11H27NO3Si. The van der Waals surface area contributed by atoms with Crippen LogP contribution in [0.5, 0.6) is 0 Å². The van der Waals surface area contributed by atoms with Crippen LogP contribution in [0.2, 0.25) is 0 Å². The van der Waals surface area contributed by atoms with E-state index in [1.165, 1.54) is 6.42 Å². The summed E-state index contributed by atoms with van der Waals surface area (Å²) < 4.78 is 17.2. The largest absolute Gasteiger partial charge is 0.515 e. The van der Waals surface area contributed by atoms with E-state index < -0.39 is 8.80 Å². The van der Waals surface area contributed by atoms with E-state index in [2.05, 4.69) is 13.8 Å². The van der Waals surface area contributed by atoms with Crippen molar-refractivity contribution in [3.63, 3.8) is 0 Å². The summed E-state index contributed by atoms with van der Waals surface area (Å²) in [5, 5.41) is 0. The van der Waals surface area contributed by atoms with Crippen LogP contribution >= 0.6 is 0 Å². The first-order chi connectivity index (χ1) is 7.64. The normalized spacial score (nSPS) is 14.1. The zero-order chi connectivity index (χ0) is 12.4. The van der Waals surface area contributed by atoms with Crippen LogP contribution in [0.4, 0.5) is 0 Å². The highest BCUT2D eigenvalue weighted by molar-refractivity contribution is 6.60. The van der Waals surface area contributed by atoms with Gasteiger partial charge < -0.3 is 19.0 Å². The Balaban J connectivity index is 4.26. The van der Waals surface area contributed by atoms with Gasteiger partial charge in [0.25, 0.3) is 0 Å². The Morgan fingerprint density at radius 1 is 1.12 bits per heavy atom. The molecule has 0 aliphatic heterocycles. The third kappa shape index (κ3) is 5.96. The molecule has 0 fully saturated rings. The highest BCUT2D eigenvalue weighted by atomic mass is 28.4. The molecule has 16 heavy (non-hydrogen) atoms. The van der Waals surface area contributed by atoms with Crippen molar-refractivity contribution in [3.8, 4) is 0 Å². The Hall–Kier alpha value is 0.0569.